The van der Waals surface area contributed by atoms with Crippen molar-refractivity contribution >= 4 is 28.6 Å². The van der Waals surface area contributed by atoms with Crippen molar-refractivity contribution < 1.29 is 9.21 Å². The molecule has 0 aliphatic rings. The second-order valence-electron chi connectivity index (χ2n) is 5.47. The lowest BCUT2D eigenvalue weighted by atomic mass is 10.1. The molecular weight excluding hydrogens is 336 g/mol. The van der Waals surface area contributed by atoms with E-state index in [9.17, 15) is 4.79 Å². The number of para-hydroxylation sites is 1. The lowest BCUT2D eigenvalue weighted by Gasteiger charge is -1.99. The number of fused-ring (bicyclic) bond motifs is 1. The molecule has 4 aromatic rings. The number of amides is 1. The maximum absolute atomic E-state index is 11.1. The first-order valence-corrected chi connectivity index (χ1v) is 8.61. The van der Waals surface area contributed by atoms with Crippen molar-refractivity contribution in [1.82, 2.24) is 15.2 Å². The molecule has 2 aromatic carbocycles. The highest BCUT2D eigenvalue weighted by Crippen LogP contribution is 2.30. The van der Waals surface area contributed by atoms with Gasteiger partial charge in [-0.25, -0.2) is 0 Å². The number of aromatic amines is 1. The van der Waals surface area contributed by atoms with Crippen LogP contribution in [0.2, 0.25) is 0 Å². The second-order valence-corrected chi connectivity index (χ2v) is 6.40. The van der Waals surface area contributed by atoms with E-state index in [0.717, 1.165) is 22.0 Å². The van der Waals surface area contributed by atoms with Crippen molar-refractivity contribution in [2.24, 2.45) is 5.73 Å². The lowest BCUT2D eigenvalue weighted by molar-refractivity contribution is 0.100. The normalized spacial score (nSPS) is 11.0. The molecule has 0 fully saturated rings. The molecule has 4 rings (SSSR count). The maximum atomic E-state index is 11.1. The largest absolute Gasteiger partial charge is 0.411 e. The van der Waals surface area contributed by atoms with E-state index >= 15 is 0 Å². The Morgan fingerprint density at radius 3 is 2.72 bits per heavy atom. The van der Waals surface area contributed by atoms with Gasteiger partial charge in [0.25, 0.3) is 11.1 Å². The summed E-state index contributed by atoms with van der Waals surface area (Å²) in [7, 11) is 0. The summed E-state index contributed by atoms with van der Waals surface area (Å²) in [5.41, 5.74) is 8.69. The molecule has 0 spiro atoms. The van der Waals surface area contributed by atoms with Gasteiger partial charge >= 0.3 is 0 Å². The first kappa shape index (κ1) is 15.5. The molecule has 0 saturated carbocycles. The Kier molecular flexibility index (Phi) is 3.99. The molecule has 0 radical (unpaired) electrons. The molecule has 0 aliphatic heterocycles. The summed E-state index contributed by atoms with van der Waals surface area (Å²) in [5, 5.41) is 9.78. The molecule has 7 heteroatoms. The topological polar surface area (TPSA) is 97.8 Å². The minimum absolute atomic E-state index is 0.431. The van der Waals surface area contributed by atoms with Crippen LogP contribution >= 0.6 is 11.8 Å². The van der Waals surface area contributed by atoms with Gasteiger partial charge < -0.3 is 15.1 Å². The number of nitrogens with zero attached hydrogens (tertiary/aromatic N) is 2. The molecular formula is C18H14N4O2S. The van der Waals surface area contributed by atoms with E-state index in [1.165, 1.54) is 11.8 Å². The molecule has 0 saturated heterocycles. The fraction of sp³-hybridized carbons (Fsp3) is 0.0556. The number of aromatic nitrogens is 3. The van der Waals surface area contributed by atoms with Crippen LogP contribution in [-0.2, 0) is 5.75 Å². The van der Waals surface area contributed by atoms with Crippen LogP contribution in [0.1, 0.15) is 15.9 Å². The number of rotatable bonds is 5. The lowest BCUT2D eigenvalue weighted by Crippen LogP contribution is -2.10. The van der Waals surface area contributed by atoms with Crippen molar-refractivity contribution in [2.45, 2.75) is 11.0 Å². The summed E-state index contributed by atoms with van der Waals surface area (Å²) >= 11 is 1.44. The monoisotopic (exact) mass is 350 g/mol. The van der Waals surface area contributed by atoms with E-state index in [4.69, 9.17) is 10.2 Å². The molecule has 2 aromatic heterocycles. The number of thioether (sulfide) groups is 1. The highest BCUT2D eigenvalue weighted by molar-refractivity contribution is 7.98. The van der Waals surface area contributed by atoms with E-state index in [-0.39, 0.29) is 0 Å². The third kappa shape index (κ3) is 3.14. The van der Waals surface area contributed by atoms with Gasteiger partial charge in [-0.15, -0.1) is 10.2 Å². The Bertz CT molecular complexity index is 1040. The van der Waals surface area contributed by atoms with Crippen LogP contribution in [0.4, 0.5) is 0 Å². The molecule has 2 heterocycles. The van der Waals surface area contributed by atoms with Crippen LogP contribution in [0, 0.1) is 0 Å². The van der Waals surface area contributed by atoms with Crippen molar-refractivity contribution in [2.75, 3.05) is 0 Å². The predicted octanol–water partition coefficient (Wildman–Crippen LogP) is 3.61. The molecule has 124 valence electrons. The highest BCUT2D eigenvalue weighted by atomic mass is 32.2. The fourth-order valence-electron chi connectivity index (χ4n) is 2.54. The number of nitrogens with one attached hydrogen (secondary N) is 1. The van der Waals surface area contributed by atoms with Gasteiger partial charge in [0.2, 0.25) is 5.91 Å². The first-order chi connectivity index (χ1) is 12.2. The van der Waals surface area contributed by atoms with E-state index < -0.39 is 5.91 Å². The third-order valence-electron chi connectivity index (χ3n) is 3.83. The van der Waals surface area contributed by atoms with Crippen LogP contribution in [-0.4, -0.2) is 21.1 Å². The summed E-state index contributed by atoms with van der Waals surface area (Å²) in [5.74, 6) is 0.720. The summed E-state index contributed by atoms with van der Waals surface area (Å²) < 4.78 is 5.77. The Hall–Kier alpha value is -3.06. The summed E-state index contributed by atoms with van der Waals surface area (Å²) in [6.07, 6.45) is 1.87. The van der Waals surface area contributed by atoms with Crippen LogP contribution in [0.3, 0.4) is 0 Å². The van der Waals surface area contributed by atoms with Gasteiger partial charge in [-0.3, -0.25) is 4.79 Å². The molecule has 0 unspecified atom stereocenters. The quantitative estimate of drug-likeness (QED) is 0.536. The van der Waals surface area contributed by atoms with Crippen molar-refractivity contribution in [3.8, 4) is 11.5 Å². The minimum Gasteiger partial charge on any atom is -0.411 e. The Labute approximate surface area is 147 Å². The van der Waals surface area contributed by atoms with E-state index in [0.29, 0.717) is 22.4 Å². The van der Waals surface area contributed by atoms with Crippen molar-refractivity contribution in [3.63, 3.8) is 0 Å². The summed E-state index contributed by atoms with van der Waals surface area (Å²) in [4.78, 5) is 14.3. The number of hydrogen-bond donors (Lipinski definition) is 2. The van der Waals surface area contributed by atoms with Gasteiger partial charge in [0.05, 0.1) is 5.56 Å². The summed E-state index contributed by atoms with van der Waals surface area (Å²) in [6, 6.07) is 15.1. The smallest absolute Gasteiger partial charge is 0.277 e. The maximum Gasteiger partial charge on any atom is 0.277 e. The van der Waals surface area contributed by atoms with Crippen LogP contribution < -0.4 is 5.73 Å². The van der Waals surface area contributed by atoms with E-state index in [1.807, 2.05) is 42.6 Å². The number of H-pyrrole nitrogens is 1. The SMILES string of the molecule is NC(=O)c1ccc(CSc2nnc(-c3c[nH]c4ccccc34)o2)cc1. The first-order valence-electron chi connectivity index (χ1n) is 7.62. The molecule has 0 bridgehead atoms. The number of primary amides is 1. The molecule has 6 nitrogen and oxygen atoms in total. The second kappa shape index (κ2) is 6.45. The average molecular weight is 350 g/mol. The van der Waals surface area contributed by atoms with Gasteiger partial charge in [-0.05, 0) is 23.8 Å². The van der Waals surface area contributed by atoms with E-state index in [1.54, 1.807) is 12.1 Å². The number of benzene rings is 2. The molecule has 3 N–H and O–H groups in total. The average Bonchev–Trinajstić information content (AvgIpc) is 3.27. The zero-order chi connectivity index (χ0) is 17.2. The third-order valence-corrected chi connectivity index (χ3v) is 4.72. The highest BCUT2D eigenvalue weighted by Gasteiger charge is 2.13. The predicted molar refractivity (Wildman–Crippen MR) is 96.1 cm³/mol. The minimum atomic E-state index is -0.431. The zero-order valence-electron chi connectivity index (χ0n) is 13.1. The standard InChI is InChI=1S/C18H14N4O2S/c19-16(23)12-7-5-11(6-8-12)10-25-18-22-21-17(24-18)14-9-20-15-4-2-1-3-13(14)15/h1-9,20H,10H2,(H2,19,23). The number of hydrogen-bond acceptors (Lipinski definition) is 5. The molecule has 0 aliphatic carbocycles. The Balaban J connectivity index is 1.49. The Morgan fingerprint density at radius 2 is 1.92 bits per heavy atom. The summed E-state index contributed by atoms with van der Waals surface area (Å²) in [6.45, 7) is 0. The van der Waals surface area contributed by atoms with Crippen LogP contribution in [0.25, 0.3) is 22.4 Å². The van der Waals surface area contributed by atoms with E-state index in [2.05, 4.69) is 15.2 Å². The van der Waals surface area contributed by atoms with Gasteiger partial charge in [-0.1, -0.05) is 42.1 Å². The number of carbonyl (C=O) groups excluding carboxylic acids is 1. The molecule has 0 atom stereocenters. The molecule has 1 amide bonds. The van der Waals surface area contributed by atoms with Gasteiger partial charge in [0.15, 0.2) is 0 Å². The zero-order valence-corrected chi connectivity index (χ0v) is 13.9. The van der Waals surface area contributed by atoms with Crippen LogP contribution in [0.5, 0.6) is 0 Å². The fourth-order valence-corrected chi connectivity index (χ4v) is 3.25. The number of nitrogens with two attached hydrogens (primary N) is 1. The van der Waals surface area contributed by atoms with Crippen molar-refractivity contribution in [1.29, 1.82) is 0 Å². The van der Waals surface area contributed by atoms with Gasteiger partial charge in [-0.2, -0.15) is 0 Å². The van der Waals surface area contributed by atoms with Gasteiger partial charge in [0.1, 0.15) is 0 Å². The molecule has 25 heavy (non-hydrogen) atoms. The van der Waals surface area contributed by atoms with Crippen molar-refractivity contribution in [3.05, 3.63) is 65.9 Å². The van der Waals surface area contributed by atoms with Crippen LogP contribution in [0.15, 0.2) is 64.4 Å². The number of carbonyl (C=O) groups is 1. The van der Waals surface area contributed by atoms with Gasteiger partial charge in [0, 0.05) is 28.4 Å². The Morgan fingerprint density at radius 1 is 1.12 bits per heavy atom.